The Kier molecular flexibility index (Phi) is 8.01. The van der Waals surface area contributed by atoms with E-state index < -0.39 is 23.4 Å². The van der Waals surface area contributed by atoms with Crippen LogP contribution in [0.25, 0.3) is 26.9 Å². The van der Waals surface area contributed by atoms with Crippen LogP contribution in [0.3, 0.4) is 0 Å². The Labute approximate surface area is 256 Å². The number of thiazole rings is 1. The average Bonchev–Trinajstić information content (AvgIpc) is 3.34. The van der Waals surface area contributed by atoms with Crippen LogP contribution in [0.2, 0.25) is 0 Å². The van der Waals surface area contributed by atoms with E-state index in [0.29, 0.717) is 36.4 Å². The van der Waals surface area contributed by atoms with Gasteiger partial charge in [0.25, 0.3) is 0 Å². The fourth-order valence-corrected chi connectivity index (χ4v) is 6.28. The van der Waals surface area contributed by atoms with E-state index in [9.17, 15) is 14.9 Å². The van der Waals surface area contributed by atoms with Crippen LogP contribution in [-0.2, 0) is 9.47 Å². The van der Waals surface area contributed by atoms with Gasteiger partial charge in [-0.2, -0.15) is 10.2 Å². The molecule has 0 fully saturated rings. The van der Waals surface area contributed by atoms with E-state index in [2.05, 4.69) is 28.7 Å². The van der Waals surface area contributed by atoms with E-state index in [4.69, 9.17) is 24.2 Å². The summed E-state index contributed by atoms with van der Waals surface area (Å²) in [7, 11) is 1.57. The number of anilines is 1. The molecular formula is C29H32IN5O5S. The molecule has 0 unspecified atom stereocenters. The molecule has 0 atom stereocenters. The maximum absolute atomic E-state index is 13.9. The zero-order valence-electron chi connectivity index (χ0n) is 24.7. The van der Waals surface area contributed by atoms with Crippen molar-refractivity contribution in [2.24, 2.45) is 0 Å². The van der Waals surface area contributed by atoms with Crippen molar-refractivity contribution in [3.63, 3.8) is 0 Å². The SMILES string of the molecule is COc1ccc(C)c(-n2c(N(C(=O)OC(C)(C)C)C(=O)OC(C)(C)C)c(C#N)c3c(I)nc4sc(C)nc4c32)c1C. The standard InChI is InChI=1S/C29H32IN5O5S/c1-14-11-12-18(38-10)15(2)21(14)34-22-19(23(30)33-24-20(22)32-16(3)41-24)17(13-31)25(34)35(26(36)39-28(4,5)6)27(37)40-29(7,8)9/h11-12H,1-10H3. The van der Waals surface area contributed by atoms with Crippen LogP contribution in [-0.4, -0.2) is 45.0 Å². The van der Waals surface area contributed by atoms with E-state index in [1.165, 1.54) is 11.3 Å². The molecule has 4 aromatic rings. The lowest BCUT2D eigenvalue weighted by Gasteiger charge is -2.30. The maximum Gasteiger partial charge on any atom is 0.425 e. The van der Waals surface area contributed by atoms with Crippen LogP contribution in [0.4, 0.5) is 15.4 Å². The normalized spacial score (nSPS) is 12.0. The van der Waals surface area contributed by atoms with Gasteiger partial charge in [-0.05, 0) is 96.5 Å². The Morgan fingerprint density at radius 1 is 1.02 bits per heavy atom. The third-order valence-electron chi connectivity index (χ3n) is 5.99. The summed E-state index contributed by atoms with van der Waals surface area (Å²) in [5, 5.41) is 11.9. The summed E-state index contributed by atoms with van der Waals surface area (Å²) >= 11 is 3.49. The van der Waals surface area contributed by atoms with Gasteiger partial charge in [0, 0.05) is 5.56 Å². The molecule has 0 N–H and O–H groups in total. The van der Waals surface area contributed by atoms with Gasteiger partial charge >= 0.3 is 12.2 Å². The summed E-state index contributed by atoms with van der Waals surface area (Å²) in [5.74, 6) is 0.566. The number of aromatic nitrogens is 3. The lowest BCUT2D eigenvalue weighted by Crippen LogP contribution is -2.45. The minimum Gasteiger partial charge on any atom is -0.496 e. The van der Waals surface area contributed by atoms with Crippen LogP contribution in [0.5, 0.6) is 5.75 Å². The third kappa shape index (κ3) is 5.70. The molecule has 3 heterocycles. The number of imide groups is 1. The summed E-state index contributed by atoms with van der Waals surface area (Å²) in [6.45, 7) is 15.8. The largest absolute Gasteiger partial charge is 0.496 e. The summed E-state index contributed by atoms with van der Waals surface area (Å²) in [6, 6.07) is 5.97. The van der Waals surface area contributed by atoms with Gasteiger partial charge in [-0.3, -0.25) is 4.57 Å². The van der Waals surface area contributed by atoms with Crippen LogP contribution in [0, 0.1) is 35.8 Å². The molecule has 0 spiro atoms. The monoisotopic (exact) mass is 689 g/mol. The van der Waals surface area contributed by atoms with Crippen molar-refractivity contribution in [2.75, 3.05) is 12.0 Å². The van der Waals surface area contributed by atoms with E-state index in [1.807, 2.05) is 32.9 Å². The molecule has 0 bridgehead atoms. The topological polar surface area (TPSA) is 120 Å². The number of rotatable bonds is 3. The van der Waals surface area contributed by atoms with E-state index >= 15 is 0 Å². The number of aryl methyl sites for hydroxylation is 2. The minimum atomic E-state index is -0.987. The van der Waals surface area contributed by atoms with Crippen molar-refractivity contribution >= 4 is 73.2 Å². The highest BCUT2D eigenvalue weighted by Crippen LogP contribution is 2.44. The molecule has 1 aromatic carbocycles. The van der Waals surface area contributed by atoms with Crippen LogP contribution >= 0.6 is 33.9 Å². The van der Waals surface area contributed by atoms with Gasteiger partial charge in [-0.25, -0.2) is 19.6 Å². The predicted molar refractivity (Wildman–Crippen MR) is 167 cm³/mol. The predicted octanol–water partition coefficient (Wildman–Crippen LogP) is 7.72. The number of nitriles is 1. The highest BCUT2D eigenvalue weighted by Gasteiger charge is 2.40. The first-order valence-corrected chi connectivity index (χ1v) is 14.7. The van der Waals surface area contributed by atoms with Gasteiger partial charge in [0.05, 0.1) is 28.7 Å². The minimum absolute atomic E-state index is 0.0247. The molecule has 10 nitrogen and oxygen atoms in total. The second-order valence-electron chi connectivity index (χ2n) is 11.5. The van der Waals surface area contributed by atoms with Crippen molar-refractivity contribution in [3.8, 4) is 17.5 Å². The summed E-state index contributed by atoms with van der Waals surface area (Å²) in [4.78, 5) is 38.7. The number of halogens is 1. The number of pyridine rings is 1. The molecule has 4 rings (SSSR count). The number of hydrogen-bond donors (Lipinski definition) is 0. The molecule has 216 valence electrons. The summed E-state index contributed by atoms with van der Waals surface area (Å²) in [6.07, 6.45) is -1.97. The first-order chi connectivity index (χ1) is 19.0. The number of fused-ring (bicyclic) bond motifs is 3. The zero-order valence-corrected chi connectivity index (χ0v) is 27.7. The van der Waals surface area contributed by atoms with Gasteiger partial charge in [0.15, 0.2) is 5.82 Å². The first kappa shape index (κ1) is 30.5. The van der Waals surface area contributed by atoms with Crippen LogP contribution in [0.15, 0.2) is 12.1 Å². The number of methoxy groups -OCH3 is 1. The molecule has 0 aliphatic rings. The van der Waals surface area contributed by atoms with Gasteiger partial charge in [0.1, 0.15) is 42.6 Å². The van der Waals surface area contributed by atoms with Crippen LogP contribution < -0.4 is 9.64 Å². The average molecular weight is 690 g/mol. The van der Waals surface area contributed by atoms with Crippen molar-refractivity contribution in [1.29, 1.82) is 5.26 Å². The zero-order chi connectivity index (χ0) is 30.6. The Morgan fingerprint density at radius 3 is 2.12 bits per heavy atom. The molecule has 0 saturated heterocycles. The molecule has 41 heavy (non-hydrogen) atoms. The number of hydrogen-bond acceptors (Lipinski definition) is 9. The lowest BCUT2D eigenvalue weighted by molar-refractivity contribution is 0.0428. The molecular weight excluding hydrogens is 657 g/mol. The molecule has 3 aromatic heterocycles. The maximum atomic E-state index is 13.9. The van der Waals surface area contributed by atoms with E-state index in [-0.39, 0.29) is 11.4 Å². The smallest absolute Gasteiger partial charge is 0.425 e. The Balaban J connectivity index is 2.29. The van der Waals surface area contributed by atoms with Gasteiger partial charge < -0.3 is 14.2 Å². The Bertz CT molecular complexity index is 1730. The van der Waals surface area contributed by atoms with Crippen LogP contribution in [0.1, 0.15) is 63.2 Å². The van der Waals surface area contributed by atoms with Gasteiger partial charge in [-0.1, -0.05) is 17.4 Å². The second kappa shape index (κ2) is 10.8. The van der Waals surface area contributed by atoms with E-state index in [1.54, 1.807) is 53.2 Å². The Morgan fingerprint density at radius 2 is 1.61 bits per heavy atom. The first-order valence-electron chi connectivity index (χ1n) is 12.8. The fraction of sp³-hybridized carbons (Fsp3) is 0.414. The third-order valence-corrected chi connectivity index (χ3v) is 7.64. The van der Waals surface area contributed by atoms with E-state index in [0.717, 1.165) is 21.0 Å². The van der Waals surface area contributed by atoms with Crippen molar-refractivity contribution in [1.82, 2.24) is 14.5 Å². The molecule has 2 amide bonds. The summed E-state index contributed by atoms with van der Waals surface area (Å²) < 4.78 is 19.3. The molecule has 12 heteroatoms. The number of amides is 2. The van der Waals surface area contributed by atoms with Crippen molar-refractivity contribution in [3.05, 3.63) is 37.5 Å². The molecule has 0 saturated carbocycles. The number of ether oxygens (including phenoxy) is 3. The fourth-order valence-electron chi connectivity index (χ4n) is 4.56. The van der Waals surface area contributed by atoms with Crippen molar-refractivity contribution in [2.45, 2.75) is 73.5 Å². The second-order valence-corrected chi connectivity index (χ2v) is 13.7. The number of benzene rings is 1. The molecule has 0 aliphatic heterocycles. The molecule has 0 radical (unpaired) electrons. The van der Waals surface area contributed by atoms with Crippen molar-refractivity contribution < 1.29 is 23.8 Å². The highest BCUT2D eigenvalue weighted by molar-refractivity contribution is 14.1. The summed E-state index contributed by atoms with van der Waals surface area (Å²) in [5.41, 5.74) is 1.41. The molecule has 0 aliphatic carbocycles. The van der Waals surface area contributed by atoms with Gasteiger partial charge in [-0.15, -0.1) is 0 Å². The highest BCUT2D eigenvalue weighted by atomic mass is 127. The van der Waals surface area contributed by atoms with Gasteiger partial charge in [0.2, 0.25) is 0 Å². The number of nitrogens with zero attached hydrogens (tertiary/aromatic N) is 5. The number of carbonyl (C=O) groups excluding carboxylic acids is 2. The lowest BCUT2D eigenvalue weighted by atomic mass is 10.1. The Hall–Kier alpha value is -3.44. The quantitative estimate of drug-likeness (QED) is 0.158. The number of carbonyl (C=O) groups is 2.